The van der Waals surface area contributed by atoms with Gasteiger partial charge in [0.25, 0.3) is 0 Å². The summed E-state index contributed by atoms with van der Waals surface area (Å²) < 4.78 is 39.5. The molecule has 0 aliphatic rings. The second kappa shape index (κ2) is 7.35. The fraction of sp³-hybridized carbons (Fsp3) is 0.188. The van der Waals surface area contributed by atoms with Gasteiger partial charge in [0.15, 0.2) is 5.69 Å². The fourth-order valence-corrected chi connectivity index (χ4v) is 3.07. The summed E-state index contributed by atoms with van der Waals surface area (Å²) in [5.41, 5.74) is 0.219. The van der Waals surface area contributed by atoms with E-state index in [9.17, 15) is 18.0 Å². The van der Waals surface area contributed by atoms with E-state index >= 15 is 0 Å². The summed E-state index contributed by atoms with van der Waals surface area (Å²) in [5.74, 6) is 0.361. The first-order chi connectivity index (χ1) is 12.7. The molecule has 0 atom stereocenters. The lowest BCUT2D eigenvalue weighted by Gasteiger charge is -2.10. The van der Waals surface area contributed by atoms with Crippen molar-refractivity contribution in [3.63, 3.8) is 0 Å². The number of carbonyl (C=O) groups is 1. The van der Waals surface area contributed by atoms with Crippen molar-refractivity contribution < 1.29 is 18.0 Å². The number of nitrogens with zero attached hydrogens (tertiary/aromatic N) is 5. The lowest BCUT2D eigenvalue weighted by atomic mass is 10.2. The molecule has 0 fully saturated rings. The molecule has 0 aliphatic carbocycles. The van der Waals surface area contributed by atoms with Crippen LogP contribution in [0.2, 0.25) is 0 Å². The van der Waals surface area contributed by atoms with Crippen LogP contribution in [0.3, 0.4) is 0 Å². The maximum atomic E-state index is 12.6. The van der Waals surface area contributed by atoms with Crippen LogP contribution in [0, 0.1) is 6.92 Å². The van der Waals surface area contributed by atoms with Gasteiger partial charge in [-0.3, -0.25) is 9.36 Å². The summed E-state index contributed by atoms with van der Waals surface area (Å²) in [6, 6.07) is 9.11. The standard InChI is InChI=1S/C16H13F3N6OS/c1-9-21-24-15(27-14-7-6-13(22-23-14)16(17,18)19)25(9)12-5-3-4-11(8-12)20-10(2)26/h3-8H,1-2H3,(H,20,26). The van der Waals surface area contributed by atoms with Crippen molar-refractivity contribution in [1.29, 1.82) is 0 Å². The molecule has 0 spiro atoms. The van der Waals surface area contributed by atoms with E-state index in [4.69, 9.17) is 0 Å². The van der Waals surface area contributed by atoms with Crippen LogP contribution in [-0.2, 0) is 11.0 Å². The molecule has 0 saturated carbocycles. The number of carbonyl (C=O) groups excluding carboxylic acids is 1. The van der Waals surface area contributed by atoms with Crippen LogP contribution in [0.25, 0.3) is 5.69 Å². The molecule has 3 rings (SSSR count). The number of rotatable bonds is 4. The van der Waals surface area contributed by atoms with Crippen molar-refractivity contribution in [3.8, 4) is 5.69 Å². The van der Waals surface area contributed by atoms with Gasteiger partial charge in [-0.1, -0.05) is 6.07 Å². The number of amides is 1. The van der Waals surface area contributed by atoms with E-state index in [2.05, 4.69) is 25.7 Å². The molecule has 0 unspecified atom stereocenters. The van der Waals surface area contributed by atoms with Gasteiger partial charge in [0.05, 0.1) is 5.69 Å². The zero-order chi connectivity index (χ0) is 19.6. The highest BCUT2D eigenvalue weighted by Gasteiger charge is 2.33. The first-order valence-electron chi connectivity index (χ1n) is 7.63. The number of nitrogens with one attached hydrogen (secondary N) is 1. The molecule has 1 amide bonds. The van der Waals surface area contributed by atoms with Crippen molar-refractivity contribution in [2.24, 2.45) is 0 Å². The van der Waals surface area contributed by atoms with Crippen LogP contribution in [0.5, 0.6) is 0 Å². The first kappa shape index (κ1) is 18.8. The van der Waals surface area contributed by atoms with Crippen LogP contribution in [0.1, 0.15) is 18.4 Å². The highest BCUT2D eigenvalue weighted by Crippen LogP contribution is 2.31. The van der Waals surface area contributed by atoms with Crippen molar-refractivity contribution in [1.82, 2.24) is 25.0 Å². The number of benzene rings is 1. The van der Waals surface area contributed by atoms with Gasteiger partial charge >= 0.3 is 6.18 Å². The van der Waals surface area contributed by atoms with Gasteiger partial charge in [0.1, 0.15) is 10.9 Å². The van der Waals surface area contributed by atoms with E-state index in [0.717, 1.165) is 17.8 Å². The topological polar surface area (TPSA) is 85.6 Å². The lowest BCUT2D eigenvalue weighted by Crippen LogP contribution is -2.09. The number of aryl methyl sites for hydroxylation is 1. The molecule has 11 heteroatoms. The number of aromatic nitrogens is 5. The number of alkyl halides is 3. The smallest absolute Gasteiger partial charge is 0.326 e. The average molecular weight is 394 g/mol. The summed E-state index contributed by atoms with van der Waals surface area (Å²) in [5, 5.41) is 18.2. The Morgan fingerprint density at radius 3 is 2.52 bits per heavy atom. The maximum Gasteiger partial charge on any atom is 0.435 e. The highest BCUT2D eigenvalue weighted by molar-refractivity contribution is 7.99. The molecular formula is C16H13F3N6OS. The van der Waals surface area contributed by atoms with Crippen molar-refractivity contribution in [3.05, 3.63) is 47.9 Å². The predicted molar refractivity (Wildman–Crippen MR) is 91.6 cm³/mol. The Balaban J connectivity index is 1.90. The van der Waals surface area contributed by atoms with Crippen molar-refractivity contribution in [2.75, 3.05) is 5.32 Å². The van der Waals surface area contributed by atoms with E-state index in [-0.39, 0.29) is 10.9 Å². The monoisotopic (exact) mass is 394 g/mol. The minimum absolute atomic E-state index is 0.206. The molecule has 2 aromatic heterocycles. The van der Waals surface area contributed by atoms with E-state index < -0.39 is 11.9 Å². The van der Waals surface area contributed by atoms with Crippen LogP contribution in [-0.4, -0.2) is 30.9 Å². The van der Waals surface area contributed by atoms with E-state index in [1.54, 1.807) is 35.8 Å². The average Bonchev–Trinajstić information content (AvgIpc) is 2.94. The number of hydrogen-bond donors (Lipinski definition) is 1. The molecule has 0 saturated heterocycles. The lowest BCUT2D eigenvalue weighted by molar-refractivity contribution is -0.141. The Morgan fingerprint density at radius 2 is 1.89 bits per heavy atom. The Bertz CT molecular complexity index is 971. The van der Waals surface area contributed by atoms with Gasteiger partial charge in [0, 0.05) is 12.6 Å². The maximum absolute atomic E-state index is 12.6. The van der Waals surface area contributed by atoms with Crippen molar-refractivity contribution in [2.45, 2.75) is 30.2 Å². The molecule has 7 nitrogen and oxygen atoms in total. The molecule has 140 valence electrons. The largest absolute Gasteiger partial charge is 0.435 e. The normalized spacial score (nSPS) is 11.4. The molecular weight excluding hydrogens is 381 g/mol. The molecule has 0 bridgehead atoms. The second-order valence-electron chi connectivity index (χ2n) is 5.45. The first-order valence-corrected chi connectivity index (χ1v) is 8.44. The zero-order valence-electron chi connectivity index (χ0n) is 14.2. The van der Waals surface area contributed by atoms with Crippen LogP contribution < -0.4 is 5.32 Å². The molecule has 2 heterocycles. The summed E-state index contributed by atoms with van der Waals surface area (Å²) in [6.07, 6.45) is -4.54. The minimum Gasteiger partial charge on any atom is -0.326 e. The van der Waals surface area contributed by atoms with E-state index in [1.165, 1.54) is 13.0 Å². The van der Waals surface area contributed by atoms with E-state index in [1.807, 2.05) is 0 Å². The minimum atomic E-state index is -4.54. The van der Waals surface area contributed by atoms with Crippen LogP contribution in [0.4, 0.5) is 18.9 Å². The number of hydrogen-bond acceptors (Lipinski definition) is 6. The molecule has 0 aliphatic heterocycles. The Kier molecular flexibility index (Phi) is 5.13. The third-order valence-corrected chi connectivity index (χ3v) is 4.22. The Hall–Kier alpha value is -2.95. The van der Waals surface area contributed by atoms with Gasteiger partial charge in [-0.15, -0.1) is 20.4 Å². The Labute approximate surface area is 156 Å². The Morgan fingerprint density at radius 1 is 1.11 bits per heavy atom. The van der Waals surface area contributed by atoms with Crippen LogP contribution in [0.15, 0.2) is 46.6 Å². The summed E-state index contributed by atoms with van der Waals surface area (Å²) in [6.45, 7) is 3.14. The van der Waals surface area contributed by atoms with Gasteiger partial charge in [0.2, 0.25) is 11.1 Å². The second-order valence-corrected chi connectivity index (χ2v) is 6.44. The van der Waals surface area contributed by atoms with E-state index in [0.29, 0.717) is 22.4 Å². The van der Waals surface area contributed by atoms with Gasteiger partial charge < -0.3 is 5.32 Å². The van der Waals surface area contributed by atoms with Crippen molar-refractivity contribution >= 4 is 23.4 Å². The zero-order valence-corrected chi connectivity index (χ0v) is 15.0. The predicted octanol–water partition coefficient (Wildman–Crippen LogP) is 3.49. The summed E-state index contributed by atoms with van der Waals surface area (Å²) in [4.78, 5) is 11.2. The molecule has 1 aromatic carbocycles. The van der Waals surface area contributed by atoms with Gasteiger partial charge in [-0.2, -0.15) is 13.2 Å². The summed E-state index contributed by atoms with van der Waals surface area (Å²) in [7, 11) is 0. The molecule has 27 heavy (non-hydrogen) atoms. The third-order valence-electron chi connectivity index (χ3n) is 3.35. The SMILES string of the molecule is CC(=O)Nc1cccc(-n2c(C)nnc2Sc2ccc(C(F)(F)F)nn2)c1. The molecule has 0 radical (unpaired) electrons. The third kappa shape index (κ3) is 4.42. The number of anilines is 1. The number of halogens is 3. The van der Waals surface area contributed by atoms with Gasteiger partial charge in [-0.05, 0) is 49.0 Å². The van der Waals surface area contributed by atoms with Crippen LogP contribution >= 0.6 is 11.8 Å². The quantitative estimate of drug-likeness (QED) is 0.729. The fourth-order valence-electron chi connectivity index (χ4n) is 2.25. The summed E-state index contributed by atoms with van der Waals surface area (Å²) >= 11 is 1.03. The molecule has 3 aromatic rings. The van der Waals surface area contributed by atoms with Gasteiger partial charge in [-0.25, -0.2) is 0 Å². The molecule has 1 N–H and O–H groups in total. The highest BCUT2D eigenvalue weighted by atomic mass is 32.2.